The van der Waals surface area contributed by atoms with E-state index in [0.29, 0.717) is 17.8 Å². The lowest BCUT2D eigenvalue weighted by Crippen LogP contribution is -2.47. The quantitative estimate of drug-likeness (QED) is 0.689. The van der Waals surface area contributed by atoms with Gasteiger partial charge in [-0.15, -0.1) is 0 Å². The molecule has 0 amide bonds. The molecule has 0 radical (unpaired) electrons. The maximum atomic E-state index is 11.0. The number of rotatable bonds is 0. The van der Waals surface area contributed by atoms with Gasteiger partial charge in [-0.05, 0) is 85.5 Å². The number of benzene rings is 1. The van der Waals surface area contributed by atoms with Crippen LogP contribution in [0, 0.1) is 17.3 Å². The molecule has 0 aliphatic heterocycles. The maximum Gasteiger partial charge on any atom is 0.115 e. The van der Waals surface area contributed by atoms with Crippen molar-refractivity contribution in [2.24, 2.45) is 17.3 Å². The molecule has 0 bridgehead atoms. The van der Waals surface area contributed by atoms with E-state index >= 15 is 0 Å². The van der Waals surface area contributed by atoms with Crippen molar-refractivity contribution in [1.29, 1.82) is 0 Å². The summed E-state index contributed by atoms with van der Waals surface area (Å²) in [5, 5.41) is 31.2. The molecule has 3 aliphatic rings. The summed E-state index contributed by atoms with van der Waals surface area (Å²) in [5.74, 6) is 1.62. The summed E-state index contributed by atoms with van der Waals surface area (Å²) in [6, 6.07) is 5.49. The lowest BCUT2D eigenvalue weighted by molar-refractivity contribution is -0.0625. The highest BCUT2D eigenvalue weighted by Gasteiger charge is 2.56. The molecule has 22 heavy (non-hydrogen) atoms. The number of aromatic hydroxyl groups is 1. The van der Waals surface area contributed by atoms with Crippen LogP contribution < -0.4 is 0 Å². The van der Waals surface area contributed by atoms with E-state index in [1.165, 1.54) is 5.56 Å². The van der Waals surface area contributed by atoms with Gasteiger partial charge in [0.15, 0.2) is 0 Å². The number of hydrogen-bond acceptors (Lipinski definition) is 3. The molecule has 3 aliphatic carbocycles. The van der Waals surface area contributed by atoms with Gasteiger partial charge in [0.05, 0.1) is 11.7 Å². The van der Waals surface area contributed by atoms with Crippen LogP contribution in [0.3, 0.4) is 0 Å². The number of aliphatic hydroxyl groups is 2. The zero-order valence-corrected chi connectivity index (χ0v) is 13.4. The Hall–Kier alpha value is -1.06. The average Bonchev–Trinajstić information content (AvgIpc) is 2.75. The zero-order chi connectivity index (χ0) is 15.7. The predicted molar refractivity (Wildman–Crippen MR) is 84.6 cm³/mol. The van der Waals surface area contributed by atoms with Crippen molar-refractivity contribution < 1.29 is 15.3 Å². The van der Waals surface area contributed by atoms with Crippen LogP contribution in [0.5, 0.6) is 5.75 Å². The Morgan fingerprint density at radius 3 is 2.68 bits per heavy atom. The summed E-state index contributed by atoms with van der Waals surface area (Å²) in [6.45, 7) is 4.12. The van der Waals surface area contributed by atoms with Crippen molar-refractivity contribution in [2.75, 3.05) is 0 Å². The standard InChI is InChI=1S/C19H26O3/c1-18-8-7-12-13-4-3-11(20)9-16(13)19(2,22)10-14(12)15(18)5-6-17(18)21/h3-4,9,12,14-15,17,20-22H,5-8,10H2,1-2H3/t12-,14-,15+,17+,18+,19?/m1/s1. The topological polar surface area (TPSA) is 60.7 Å². The van der Waals surface area contributed by atoms with Crippen molar-refractivity contribution in [3.8, 4) is 5.75 Å². The van der Waals surface area contributed by atoms with E-state index in [0.717, 1.165) is 37.7 Å². The van der Waals surface area contributed by atoms with Gasteiger partial charge in [0.25, 0.3) is 0 Å². The number of phenolic OH excluding ortho intramolecular Hbond substituents is 1. The van der Waals surface area contributed by atoms with Gasteiger partial charge in [0.1, 0.15) is 5.75 Å². The Labute approximate surface area is 132 Å². The molecule has 0 saturated heterocycles. The first kappa shape index (κ1) is 14.5. The van der Waals surface area contributed by atoms with Gasteiger partial charge in [-0.2, -0.15) is 0 Å². The normalized spacial score (nSPS) is 46.7. The van der Waals surface area contributed by atoms with Gasteiger partial charge in [-0.3, -0.25) is 0 Å². The molecule has 1 aromatic carbocycles. The van der Waals surface area contributed by atoms with E-state index in [9.17, 15) is 15.3 Å². The molecule has 4 rings (SSSR count). The Balaban J connectivity index is 1.80. The number of phenols is 1. The van der Waals surface area contributed by atoms with Gasteiger partial charge >= 0.3 is 0 Å². The minimum atomic E-state index is -0.888. The molecule has 0 heterocycles. The van der Waals surface area contributed by atoms with Crippen LogP contribution in [0.4, 0.5) is 0 Å². The van der Waals surface area contributed by atoms with Crippen LogP contribution in [0.1, 0.15) is 63.0 Å². The molecule has 120 valence electrons. The highest BCUT2D eigenvalue weighted by atomic mass is 16.3. The van der Waals surface area contributed by atoms with Crippen LogP contribution >= 0.6 is 0 Å². The second-order valence-electron chi connectivity index (χ2n) is 8.26. The van der Waals surface area contributed by atoms with E-state index in [2.05, 4.69) is 6.92 Å². The summed E-state index contributed by atoms with van der Waals surface area (Å²) in [7, 11) is 0. The van der Waals surface area contributed by atoms with Gasteiger partial charge < -0.3 is 15.3 Å². The molecule has 6 atom stereocenters. The molecular formula is C19H26O3. The Morgan fingerprint density at radius 2 is 1.91 bits per heavy atom. The fourth-order valence-corrected chi connectivity index (χ4v) is 5.83. The minimum Gasteiger partial charge on any atom is -0.508 e. The molecule has 0 spiro atoms. The molecular weight excluding hydrogens is 276 g/mol. The van der Waals surface area contributed by atoms with Crippen molar-refractivity contribution in [3.05, 3.63) is 29.3 Å². The predicted octanol–water partition coefficient (Wildman–Crippen LogP) is 3.27. The number of aliphatic hydroxyl groups excluding tert-OH is 1. The molecule has 2 fully saturated rings. The second kappa shape index (κ2) is 4.48. The summed E-state index contributed by atoms with van der Waals surface area (Å²) in [6.07, 6.45) is 4.65. The Kier molecular flexibility index (Phi) is 2.96. The van der Waals surface area contributed by atoms with Gasteiger partial charge in [0, 0.05) is 0 Å². The summed E-state index contributed by atoms with van der Waals surface area (Å²) in [5.41, 5.74) is 1.24. The highest BCUT2D eigenvalue weighted by Crippen LogP contribution is 2.62. The van der Waals surface area contributed by atoms with Crippen molar-refractivity contribution in [2.45, 2.75) is 63.6 Å². The number of fused-ring (bicyclic) bond motifs is 5. The molecule has 1 unspecified atom stereocenters. The minimum absolute atomic E-state index is 0.0195. The SMILES string of the molecule is CC1(O)C[C@@H]2[C@H](CC[C@]3(C)[C@@H](O)CC[C@@H]23)c2ccc(O)cc21. The first-order chi connectivity index (χ1) is 10.3. The van der Waals surface area contributed by atoms with Crippen molar-refractivity contribution in [1.82, 2.24) is 0 Å². The first-order valence-corrected chi connectivity index (χ1v) is 8.57. The van der Waals surface area contributed by atoms with E-state index in [-0.39, 0.29) is 17.3 Å². The maximum absolute atomic E-state index is 11.0. The van der Waals surface area contributed by atoms with Crippen LogP contribution in [-0.4, -0.2) is 21.4 Å². The molecule has 3 heteroatoms. The molecule has 3 N–H and O–H groups in total. The molecule has 3 nitrogen and oxygen atoms in total. The molecule has 0 aromatic heterocycles. The third-order valence-corrected chi connectivity index (χ3v) is 7.04. The average molecular weight is 302 g/mol. The Morgan fingerprint density at radius 1 is 1.14 bits per heavy atom. The van der Waals surface area contributed by atoms with Crippen LogP contribution in [0.15, 0.2) is 18.2 Å². The fourth-order valence-electron chi connectivity index (χ4n) is 5.83. The monoisotopic (exact) mass is 302 g/mol. The summed E-state index contributed by atoms with van der Waals surface area (Å²) >= 11 is 0. The van der Waals surface area contributed by atoms with Gasteiger partial charge in [-0.1, -0.05) is 13.0 Å². The second-order valence-corrected chi connectivity index (χ2v) is 8.26. The summed E-state index contributed by atoms with van der Waals surface area (Å²) < 4.78 is 0. The molecule has 2 saturated carbocycles. The van der Waals surface area contributed by atoms with E-state index in [4.69, 9.17) is 0 Å². The third kappa shape index (κ3) is 1.82. The summed E-state index contributed by atoms with van der Waals surface area (Å²) in [4.78, 5) is 0. The van der Waals surface area contributed by atoms with E-state index < -0.39 is 5.60 Å². The molecule has 1 aromatic rings. The van der Waals surface area contributed by atoms with Gasteiger partial charge in [-0.25, -0.2) is 0 Å². The number of hydrogen-bond donors (Lipinski definition) is 3. The fraction of sp³-hybridized carbons (Fsp3) is 0.684. The zero-order valence-electron chi connectivity index (χ0n) is 13.4. The van der Waals surface area contributed by atoms with Crippen molar-refractivity contribution >= 4 is 0 Å². The third-order valence-electron chi connectivity index (χ3n) is 7.04. The van der Waals surface area contributed by atoms with Crippen LogP contribution in [0.25, 0.3) is 0 Å². The first-order valence-electron chi connectivity index (χ1n) is 8.57. The smallest absolute Gasteiger partial charge is 0.115 e. The van der Waals surface area contributed by atoms with Crippen LogP contribution in [0.2, 0.25) is 0 Å². The Bertz CT molecular complexity index is 609. The van der Waals surface area contributed by atoms with E-state index in [1.807, 2.05) is 13.0 Å². The highest BCUT2D eigenvalue weighted by molar-refractivity contribution is 5.43. The van der Waals surface area contributed by atoms with Crippen molar-refractivity contribution in [3.63, 3.8) is 0 Å². The lowest BCUT2D eigenvalue weighted by Gasteiger charge is -2.52. The lowest BCUT2D eigenvalue weighted by atomic mass is 9.53. The largest absolute Gasteiger partial charge is 0.508 e. The van der Waals surface area contributed by atoms with E-state index in [1.54, 1.807) is 12.1 Å². The van der Waals surface area contributed by atoms with Gasteiger partial charge in [0.2, 0.25) is 0 Å². The van der Waals surface area contributed by atoms with Crippen LogP contribution in [-0.2, 0) is 5.60 Å².